The van der Waals surface area contributed by atoms with Gasteiger partial charge in [0, 0.05) is 16.8 Å². The average Bonchev–Trinajstić information content (AvgIpc) is 3.23. The zero-order valence-corrected chi connectivity index (χ0v) is 21.0. The fourth-order valence-electron chi connectivity index (χ4n) is 3.89. The number of thiocarbonyl (C=S) groups is 1. The lowest BCUT2D eigenvalue weighted by atomic mass is 9.98. The molecule has 0 aliphatic heterocycles. The molecule has 4 rings (SSSR count). The molecule has 0 aliphatic carbocycles. The van der Waals surface area contributed by atoms with Gasteiger partial charge in [0.1, 0.15) is 5.52 Å². The van der Waals surface area contributed by atoms with Gasteiger partial charge in [-0.25, -0.2) is 4.98 Å². The third-order valence-corrected chi connectivity index (χ3v) is 6.38. The minimum absolute atomic E-state index is 0.236. The molecule has 0 fully saturated rings. The number of oxazole rings is 1. The Bertz CT molecular complexity index is 1390. The summed E-state index contributed by atoms with van der Waals surface area (Å²) in [4.78, 5) is 17.4. The second-order valence-corrected chi connectivity index (χ2v) is 9.22. The highest BCUT2D eigenvalue weighted by atomic mass is 32.1. The number of hydrogen-bond acceptors (Lipinski definition) is 4. The normalized spacial score (nSPS) is 11.9. The quantitative estimate of drug-likeness (QED) is 0.305. The fourth-order valence-corrected chi connectivity index (χ4v) is 4.09. The van der Waals surface area contributed by atoms with Crippen molar-refractivity contribution in [1.29, 1.82) is 0 Å². The van der Waals surface area contributed by atoms with E-state index in [-0.39, 0.29) is 11.0 Å². The predicted molar refractivity (Wildman–Crippen MR) is 142 cm³/mol. The van der Waals surface area contributed by atoms with Crippen LogP contribution in [0.15, 0.2) is 59.0 Å². The molecule has 1 aromatic heterocycles. The molecule has 1 amide bonds. The molecular formula is C28H29N3O2S. The van der Waals surface area contributed by atoms with E-state index in [1.165, 1.54) is 5.56 Å². The van der Waals surface area contributed by atoms with E-state index >= 15 is 0 Å². The zero-order chi connectivity index (χ0) is 24.4. The molecule has 0 radical (unpaired) electrons. The van der Waals surface area contributed by atoms with Gasteiger partial charge in [-0.05, 0) is 92.4 Å². The molecule has 5 nitrogen and oxygen atoms in total. The number of aromatic nitrogens is 1. The molecule has 1 heterocycles. The lowest BCUT2D eigenvalue weighted by Crippen LogP contribution is -2.34. The summed E-state index contributed by atoms with van der Waals surface area (Å²) in [5.74, 6) is 0.782. The number of aryl methyl sites for hydroxylation is 3. The number of anilines is 1. The summed E-state index contributed by atoms with van der Waals surface area (Å²) in [6, 6.07) is 17.8. The summed E-state index contributed by atoms with van der Waals surface area (Å²) in [6.07, 6.45) is 1.07. The van der Waals surface area contributed by atoms with Crippen LogP contribution in [-0.4, -0.2) is 16.0 Å². The van der Waals surface area contributed by atoms with Crippen molar-refractivity contribution >= 4 is 40.0 Å². The summed E-state index contributed by atoms with van der Waals surface area (Å²) < 4.78 is 6.03. The van der Waals surface area contributed by atoms with Crippen LogP contribution in [0.3, 0.4) is 0 Å². The number of nitrogens with zero attached hydrogens (tertiary/aromatic N) is 1. The number of carbonyl (C=O) groups is 1. The van der Waals surface area contributed by atoms with Gasteiger partial charge in [0.2, 0.25) is 5.89 Å². The predicted octanol–water partition coefficient (Wildman–Crippen LogP) is 7.06. The molecule has 0 bridgehead atoms. The van der Waals surface area contributed by atoms with Crippen LogP contribution in [0.1, 0.15) is 58.8 Å². The summed E-state index contributed by atoms with van der Waals surface area (Å²) >= 11 is 5.42. The second-order valence-electron chi connectivity index (χ2n) is 8.81. The molecule has 2 N–H and O–H groups in total. The van der Waals surface area contributed by atoms with E-state index in [2.05, 4.69) is 36.6 Å². The summed E-state index contributed by atoms with van der Waals surface area (Å²) in [6.45, 7) is 10.3. The molecule has 0 aliphatic rings. The SMILES string of the molecule is CC[C@H](C)c1ccc2oc(-c3ccc(C)c(NC(=S)NC(=O)c4ccc(C)cc4C)c3)nc2c1. The molecule has 1 atom stereocenters. The maximum Gasteiger partial charge on any atom is 0.257 e. The molecule has 0 saturated carbocycles. The van der Waals surface area contributed by atoms with E-state index in [1.807, 2.05) is 63.2 Å². The number of carbonyl (C=O) groups excluding carboxylic acids is 1. The van der Waals surface area contributed by atoms with Crippen LogP contribution in [-0.2, 0) is 0 Å². The highest BCUT2D eigenvalue weighted by Gasteiger charge is 2.14. The number of benzene rings is 3. The topological polar surface area (TPSA) is 67.2 Å². The standard InChI is InChI=1S/C28H29N3O2S/c1-6-17(3)20-10-12-25-24(14-20)29-27(33-25)21-9-8-18(4)23(15-21)30-28(34)31-26(32)22-11-7-16(2)13-19(22)5/h7-15,17H,6H2,1-5H3,(H2,30,31,32,34)/t17-/m0/s1. The highest BCUT2D eigenvalue weighted by Crippen LogP contribution is 2.30. The minimum Gasteiger partial charge on any atom is -0.436 e. The first-order valence-corrected chi connectivity index (χ1v) is 11.9. The summed E-state index contributed by atoms with van der Waals surface area (Å²) in [5.41, 5.74) is 8.08. The Kier molecular flexibility index (Phi) is 6.80. The Balaban J connectivity index is 1.54. The Morgan fingerprint density at radius 3 is 2.56 bits per heavy atom. The minimum atomic E-state index is -0.236. The molecule has 3 aromatic carbocycles. The number of amides is 1. The van der Waals surface area contributed by atoms with Gasteiger partial charge in [-0.2, -0.15) is 0 Å². The van der Waals surface area contributed by atoms with Crippen molar-refractivity contribution in [2.24, 2.45) is 0 Å². The molecular weight excluding hydrogens is 442 g/mol. The van der Waals surface area contributed by atoms with Gasteiger partial charge < -0.3 is 9.73 Å². The summed E-state index contributed by atoms with van der Waals surface area (Å²) in [7, 11) is 0. The van der Waals surface area contributed by atoms with Crippen molar-refractivity contribution in [3.8, 4) is 11.5 Å². The van der Waals surface area contributed by atoms with Crippen LogP contribution >= 0.6 is 12.2 Å². The first-order chi connectivity index (χ1) is 16.2. The van der Waals surface area contributed by atoms with Gasteiger partial charge in [0.25, 0.3) is 5.91 Å². The first-order valence-electron chi connectivity index (χ1n) is 11.5. The molecule has 0 spiro atoms. The number of hydrogen-bond donors (Lipinski definition) is 2. The van der Waals surface area contributed by atoms with Crippen molar-refractivity contribution in [2.45, 2.75) is 47.0 Å². The van der Waals surface area contributed by atoms with Gasteiger partial charge in [-0.1, -0.05) is 43.7 Å². The van der Waals surface area contributed by atoms with Gasteiger partial charge in [-0.3, -0.25) is 10.1 Å². The molecule has 4 aromatic rings. The monoisotopic (exact) mass is 471 g/mol. The van der Waals surface area contributed by atoms with Crippen LogP contribution in [0.2, 0.25) is 0 Å². The van der Waals surface area contributed by atoms with E-state index in [0.717, 1.165) is 45.5 Å². The summed E-state index contributed by atoms with van der Waals surface area (Å²) in [5, 5.41) is 6.16. The van der Waals surface area contributed by atoms with Crippen LogP contribution in [0, 0.1) is 20.8 Å². The molecule has 0 saturated heterocycles. The lowest BCUT2D eigenvalue weighted by Gasteiger charge is -2.13. The molecule has 6 heteroatoms. The van der Waals surface area contributed by atoms with E-state index in [4.69, 9.17) is 21.6 Å². The third kappa shape index (κ3) is 5.02. The van der Waals surface area contributed by atoms with Crippen molar-refractivity contribution in [1.82, 2.24) is 10.3 Å². The van der Waals surface area contributed by atoms with Crippen LogP contribution in [0.5, 0.6) is 0 Å². The average molecular weight is 472 g/mol. The Hall–Kier alpha value is -3.51. The molecule has 174 valence electrons. The fraction of sp³-hybridized carbons (Fsp3) is 0.250. The van der Waals surface area contributed by atoms with Crippen molar-refractivity contribution < 1.29 is 9.21 Å². The van der Waals surface area contributed by atoms with E-state index < -0.39 is 0 Å². The lowest BCUT2D eigenvalue weighted by molar-refractivity contribution is 0.0977. The smallest absolute Gasteiger partial charge is 0.257 e. The van der Waals surface area contributed by atoms with E-state index in [0.29, 0.717) is 17.4 Å². The van der Waals surface area contributed by atoms with Gasteiger partial charge in [0.05, 0.1) is 0 Å². The number of nitrogens with one attached hydrogen (secondary N) is 2. The second kappa shape index (κ2) is 9.77. The maximum atomic E-state index is 12.7. The largest absolute Gasteiger partial charge is 0.436 e. The molecule has 0 unspecified atom stereocenters. The molecule has 34 heavy (non-hydrogen) atoms. The number of rotatable bonds is 5. The van der Waals surface area contributed by atoms with Crippen molar-refractivity contribution in [2.75, 3.05) is 5.32 Å². The third-order valence-electron chi connectivity index (χ3n) is 6.18. The zero-order valence-electron chi connectivity index (χ0n) is 20.2. The first kappa shape index (κ1) is 23.6. The Labute approximate surface area is 205 Å². The van der Waals surface area contributed by atoms with Crippen molar-refractivity contribution in [3.63, 3.8) is 0 Å². The Morgan fingerprint density at radius 2 is 1.82 bits per heavy atom. The van der Waals surface area contributed by atoms with Crippen LogP contribution in [0.25, 0.3) is 22.6 Å². The van der Waals surface area contributed by atoms with Crippen molar-refractivity contribution in [3.05, 3.63) is 82.4 Å². The maximum absolute atomic E-state index is 12.7. The Morgan fingerprint density at radius 1 is 1.03 bits per heavy atom. The van der Waals surface area contributed by atoms with Gasteiger partial charge in [0.15, 0.2) is 10.7 Å². The van der Waals surface area contributed by atoms with E-state index in [9.17, 15) is 4.79 Å². The number of fused-ring (bicyclic) bond motifs is 1. The van der Waals surface area contributed by atoms with Crippen LogP contribution < -0.4 is 10.6 Å². The van der Waals surface area contributed by atoms with E-state index in [1.54, 1.807) is 0 Å². The van der Waals surface area contributed by atoms with Crippen LogP contribution in [0.4, 0.5) is 5.69 Å². The van der Waals surface area contributed by atoms with Gasteiger partial charge >= 0.3 is 0 Å². The van der Waals surface area contributed by atoms with Gasteiger partial charge in [-0.15, -0.1) is 0 Å². The highest BCUT2D eigenvalue weighted by molar-refractivity contribution is 7.80.